The summed E-state index contributed by atoms with van der Waals surface area (Å²) in [5, 5.41) is 2.84. The number of nitrogens with two attached hydrogens (primary N) is 1. The predicted molar refractivity (Wildman–Crippen MR) is 76.1 cm³/mol. The van der Waals surface area contributed by atoms with E-state index >= 15 is 0 Å². The largest absolute Gasteiger partial charge is 0.384 e. The van der Waals surface area contributed by atoms with Gasteiger partial charge in [0.15, 0.2) is 0 Å². The maximum Gasteiger partial charge on any atom is 0.251 e. The summed E-state index contributed by atoms with van der Waals surface area (Å²) in [6.45, 7) is 0.319. The van der Waals surface area contributed by atoms with Gasteiger partial charge in [-0.25, -0.2) is 9.37 Å². The highest BCUT2D eigenvalue weighted by Gasteiger charge is 2.08. The topological polar surface area (TPSA) is 68.0 Å². The first-order valence-corrected chi connectivity index (χ1v) is 6.39. The molecular weight excluding hydrogens is 281 g/mol. The average molecular weight is 294 g/mol. The second kappa shape index (κ2) is 6.34. The van der Waals surface area contributed by atoms with Gasteiger partial charge in [0.25, 0.3) is 5.91 Å². The van der Waals surface area contributed by atoms with E-state index in [1.54, 1.807) is 18.2 Å². The van der Waals surface area contributed by atoms with E-state index in [2.05, 4.69) is 10.3 Å². The van der Waals surface area contributed by atoms with E-state index in [4.69, 9.17) is 17.3 Å². The fourth-order valence-electron chi connectivity index (χ4n) is 1.76. The number of carbonyl (C=O) groups is 1. The standard InChI is InChI=1S/C14H13ClFN3O/c15-12-7-10(8-13(17)19-12)14(20)18-6-5-9-3-1-2-4-11(9)16/h1-4,7-8H,5-6H2,(H2,17,19)(H,18,20). The molecule has 0 aliphatic rings. The molecule has 0 spiro atoms. The first kappa shape index (κ1) is 14.3. The quantitative estimate of drug-likeness (QED) is 0.851. The highest BCUT2D eigenvalue weighted by molar-refractivity contribution is 6.29. The molecule has 0 aliphatic carbocycles. The molecule has 0 saturated carbocycles. The van der Waals surface area contributed by atoms with Crippen LogP contribution in [0.5, 0.6) is 0 Å². The Bertz CT molecular complexity index is 613. The van der Waals surface area contributed by atoms with Crippen molar-refractivity contribution in [1.29, 1.82) is 0 Å². The van der Waals surface area contributed by atoms with Crippen LogP contribution >= 0.6 is 11.6 Å². The number of nitrogens with zero attached hydrogens (tertiary/aromatic N) is 1. The molecule has 104 valence electrons. The van der Waals surface area contributed by atoms with Crippen molar-refractivity contribution in [2.75, 3.05) is 12.3 Å². The Morgan fingerprint density at radius 2 is 2.10 bits per heavy atom. The van der Waals surface area contributed by atoms with Crippen LogP contribution in [0.4, 0.5) is 10.2 Å². The van der Waals surface area contributed by atoms with Gasteiger partial charge in [0, 0.05) is 12.1 Å². The van der Waals surface area contributed by atoms with Gasteiger partial charge in [-0.05, 0) is 30.2 Å². The van der Waals surface area contributed by atoms with Crippen LogP contribution in [-0.4, -0.2) is 17.4 Å². The van der Waals surface area contributed by atoms with Crippen molar-refractivity contribution in [2.45, 2.75) is 6.42 Å². The molecule has 6 heteroatoms. The molecular formula is C14H13ClFN3O. The van der Waals surface area contributed by atoms with Crippen molar-refractivity contribution < 1.29 is 9.18 Å². The molecule has 2 aromatic rings. The Kier molecular flexibility index (Phi) is 4.53. The van der Waals surface area contributed by atoms with Gasteiger partial charge in [0.05, 0.1) is 0 Å². The third-order valence-electron chi connectivity index (χ3n) is 2.71. The van der Waals surface area contributed by atoms with E-state index < -0.39 is 0 Å². The van der Waals surface area contributed by atoms with E-state index in [0.29, 0.717) is 24.1 Å². The summed E-state index contributed by atoms with van der Waals surface area (Å²) in [5.74, 6) is -0.424. The van der Waals surface area contributed by atoms with Crippen LogP contribution in [-0.2, 0) is 6.42 Å². The second-order valence-electron chi connectivity index (χ2n) is 4.20. The Balaban J connectivity index is 1.94. The molecule has 0 bridgehead atoms. The van der Waals surface area contributed by atoms with Crippen LogP contribution in [0.1, 0.15) is 15.9 Å². The molecule has 1 aromatic carbocycles. The summed E-state index contributed by atoms with van der Waals surface area (Å²) in [4.78, 5) is 15.6. The third kappa shape index (κ3) is 3.68. The first-order chi connectivity index (χ1) is 9.56. The summed E-state index contributed by atoms with van der Waals surface area (Å²) in [6, 6.07) is 9.31. The molecule has 0 saturated heterocycles. The summed E-state index contributed by atoms with van der Waals surface area (Å²) >= 11 is 5.72. The molecule has 0 fully saturated rings. The molecule has 2 rings (SSSR count). The van der Waals surface area contributed by atoms with Crippen LogP contribution in [0.15, 0.2) is 36.4 Å². The molecule has 0 atom stereocenters. The Labute approximate surface area is 120 Å². The van der Waals surface area contributed by atoms with E-state index in [0.717, 1.165) is 0 Å². The number of anilines is 1. The van der Waals surface area contributed by atoms with E-state index in [9.17, 15) is 9.18 Å². The van der Waals surface area contributed by atoms with Gasteiger partial charge in [0.1, 0.15) is 16.8 Å². The summed E-state index contributed by atoms with van der Waals surface area (Å²) in [6.07, 6.45) is 0.409. The van der Waals surface area contributed by atoms with Gasteiger partial charge in [-0.15, -0.1) is 0 Å². The molecule has 0 unspecified atom stereocenters. The van der Waals surface area contributed by atoms with E-state index in [1.807, 2.05) is 0 Å². The molecule has 4 nitrogen and oxygen atoms in total. The maximum absolute atomic E-state index is 13.4. The minimum atomic E-state index is -0.322. The molecule has 1 heterocycles. The highest BCUT2D eigenvalue weighted by Crippen LogP contribution is 2.12. The summed E-state index contributed by atoms with van der Waals surface area (Å²) in [7, 11) is 0. The zero-order chi connectivity index (χ0) is 14.5. The van der Waals surface area contributed by atoms with Gasteiger partial charge < -0.3 is 11.1 Å². The number of halogens is 2. The number of hydrogen-bond donors (Lipinski definition) is 2. The number of nitrogen functional groups attached to an aromatic ring is 1. The van der Waals surface area contributed by atoms with Crippen molar-refractivity contribution in [3.8, 4) is 0 Å². The minimum Gasteiger partial charge on any atom is -0.384 e. The Morgan fingerprint density at radius 1 is 1.35 bits per heavy atom. The normalized spacial score (nSPS) is 10.3. The number of hydrogen-bond acceptors (Lipinski definition) is 3. The van der Waals surface area contributed by atoms with E-state index in [1.165, 1.54) is 18.2 Å². The lowest BCUT2D eigenvalue weighted by atomic mass is 10.1. The Morgan fingerprint density at radius 3 is 2.80 bits per heavy atom. The van der Waals surface area contributed by atoms with Gasteiger partial charge >= 0.3 is 0 Å². The van der Waals surface area contributed by atoms with Crippen molar-refractivity contribution in [1.82, 2.24) is 10.3 Å². The molecule has 0 radical (unpaired) electrons. The first-order valence-electron chi connectivity index (χ1n) is 6.01. The number of carbonyl (C=O) groups excluding carboxylic acids is 1. The molecule has 1 aromatic heterocycles. The summed E-state index contributed by atoms with van der Waals surface area (Å²) in [5.41, 5.74) is 6.40. The van der Waals surface area contributed by atoms with Crippen LogP contribution < -0.4 is 11.1 Å². The van der Waals surface area contributed by atoms with Crippen molar-refractivity contribution >= 4 is 23.3 Å². The van der Waals surface area contributed by atoms with E-state index in [-0.39, 0.29) is 22.7 Å². The number of benzene rings is 1. The number of amides is 1. The van der Waals surface area contributed by atoms with Gasteiger partial charge in [-0.1, -0.05) is 29.8 Å². The molecule has 1 amide bonds. The number of rotatable bonds is 4. The van der Waals surface area contributed by atoms with Crippen molar-refractivity contribution in [3.63, 3.8) is 0 Å². The van der Waals surface area contributed by atoms with Crippen LogP contribution in [0.25, 0.3) is 0 Å². The van der Waals surface area contributed by atoms with Gasteiger partial charge in [-0.2, -0.15) is 0 Å². The maximum atomic E-state index is 13.4. The SMILES string of the molecule is Nc1cc(C(=O)NCCc2ccccc2F)cc(Cl)n1. The molecule has 3 N–H and O–H groups in total. The van der Waals surface area contributed by atoms with Crippen LogP contribution in [0.2, 0.25) is 5.15 Å². The lowest BCUT2D eigenvalue weighted by Crippen LogP contribution is -2.26. The zero-order valence-electron chi connectivity index (χ0n) is 10.6. The zero-order valence-corrected chi connectivity index (χ0v) is 11.3. The minimum absolute atomic E-state index is 0.157. The summed E-state index contributed by atoms with van der Waals surface area (Å²) < 4.78 is 13.4. The smallest absolute Gasteiger partial charge is 0.251 e. The Hall–Kier alpha value is -2.14. The van der Waals surface area contributed by atoms with Crippen molar-refractivity contribution in [2.24, 2.45) is 0 Å². The van der Waals surface area contributed by atoms with Gasteiger partial charge in [0.2, 0.25) is 0 Å². The highest BCUT2D eigenvalue weighted by atomic mass is 35.5. The van der Waals surface area contributed by atoms with Crippen LogP contribution in [0.3, 0.4) is 0 Å². The second-order valence-corrected chi connectivity index (χ2v) is 4.59. The molecule has 20 heavy (non-hydrogen) atoms. The fraction of sp³-hybridized carbons (Fsp3) is 0.143. The number of aromatic nitrogens is 1. The predicted octanol–water partition coefficient (Wildman–Crippen LogP) is 2.43. The van der Waals surface area contributed by atoms with Crippen molar-refractivity contribution in [3.05, 3.63) is 58.5 Å². The lowest BCUT2D eigenvalue weighted by Gasteiger charge is -2.07. The molecule has 0 aliphatic heterocycles. The third-order valence-corrected chi connectivity index (χ3v) is 2.91. The monoisotopic (exact) mass is 293 g/mol. The fourth-order valence-corrected chi connectivity index (χ4v) is 1.98. The lowest BCUT2D eigenvalue weighted by molar-refractivity contribution is 0.0954. The average Bonchev–Trinajstić information content (AvgIpc) is 2.39. The van der Waals surface area contributed by atoms with Crippen LogP contribution in [0, 0.1) is 5.82 Å². The number of pyridine rings is 1. The van der Waals surface area contributed by atoms with Gasteiger partial charge in [-0.3, -0.25) is 4.79 Å². The number of nitrogens with one attached hydrogen (secondary N) is 1.